The monoisotopic (exact) mass is 450 g/mol. The van der Waals surface area contributed by atoms with E-state index in [0.717, 1.165) is 28.1 Å². The fourth-order valence-corrected chi connectivity index (χ4v) is 3.45. The van der Waals surface area contributed by atoms with Crippen molar-refractivity contribution in [2.24, 2.45) is 10.7 Å². The number of carbonyl (C=O) groups is 1. The number of carbonyl (C=O) groups excluding carboxylic acids is 1. The number of aromatic nitrogens is 1. The zero-order chi connectivity index (χ0) is 23.1. The number of nitrogens with zero attached hydrogens (tertiary/aromatic N) is 2. The van der Waals surface area contributed by atoms with Crippen LogP contribution in [-0.2, 0) is 4.79 Å². The minimum Gasteiger partial charge on any atom is -0.456 e. The quantitative estimate of drug-likeness (QED) is 0.296. The van der Waals surface area contributed by atoms with Crippen LogP contribution in [0.25, 0.3) is 27.6 Å². The summed E-state index contributed by atoms with van der Waals surface area (Å²) in [6.45, 7) is 7.86. The normalized spacial score (nSPS) is 11.2. The highest BCUT2D eigenvalue weighted by Crippen LogP contribution is 2.31. The first-order valence-electron chi connectivity index (χ1n) is 9.97. The maximum atomic E-state index is 13.4. The molecule has 0 spiro atoms. The number of anilines is 1. The summed E-state index contributed by atoms with van der Waals surface area (Å²) in [4.78, 5) is 20.5. The minimum absolute atomic E-state index is 0.0883. The number of hydrogen-bond donors (Lipinski definition) is 2. The summed E-state index contributed by atoms with van der Waals surface area (Å²) in [6.07, 6.45) is 3.30. The van der Waals surface area contributed by atoms with Gasteiger partial charge in [-0.3, -0.25) is 9.78 Å². The highest BCUT2D eigenvalue weighted by molar-refractivity contribution is 8.14. The van der Waals surface area contributed by atoms with Gasteiger partial charge in [-0.05, 0) is 42.5 Å². The number of benzene rings is 2. The minimum atomic E-state index is -0.363. The van der Waals surface area contributed by atoms with Gasteiger partial charge in [0.15, 0.2) is 5.17 Å². The molecule has 3 N–H and O–H groups in total. The third-order valence-corrected chi connectivity index (χ3v) is 5.10. The molecule has 0 bridgehead atoms. The summed E-state index contributed by atoms with van der Waals surface area (Å²) in [7, 11) is 0. The fraction of sp³-hybridized carbons (Fsp3) is 0.125. The standard InChI is InChI=1S/C22H17FN4O2S.C2H6/c1-13(14-3-2-8-25-11-14)26-22(24)30-12-21(28)27-16-5-7-19-18(10-16)17-6-4-15(23)9-20(17)29-19;1-2/h2-11H,1,12H2,(H2,24,26)(H,27,28);1-2H3. The fourth-order valence-electron chi connectivity index (χ4n) is 2.93. The maximum Gasteiger partial charge on any atom is 0.234 e. The Balaban J connectivity index is 0.00000141. The van der Waals surface area contributed by atoms with Gasteiger partial charge in [-0.1, -0.05) is 32.2 Å². The highest BCUT2D eigenvalue weighted by atomic mass is 32.2. The van der Waals surface area contributed by atoms with E-state index in [9.17, 15) is 9.18 Å². The van der Waals surface area contributed by atoms with Gasteiger partial charge in [0.2, 0.25) is 5.91 Å². The highest BCUT2D eigenvalue weighted by Gasteiger charge is 2.10. The van der Waals surface area contributed by atoms with Crippen LogP contribution in [0.1, 0.15) is 19.4 Å². The first-order valence-corrected chi connectivity index (χ1v) is 11.0. The Morgan fingerprint density at radius 1 is 1.19 bits per heavy atom. The topological polar surface area (TPSA) is 93.5 Å². The molecule has 164 valence electrons. The van der Waals surface area contributed by atoms with E-state index in [0.29, 0.717) is 22.6 Å². The second kappa shape index (κ2) is 10.6. The van der Waals surface area contributed by atoms with E-state index in [1.807, 2.05) is 19.9 Å². The summed E-state index contributed by atoms with van der Waals surface area (Å²) >= 11 is 1.11. The second-order valence-corrected chi connectivity index (χ2v) is 7.42. The van der Waals surface area contributed by atoms with E-state index in [1.165, 1.54) is 12.1 Å². The molecule has 0 aliphatic rings. The molecule has 0 saturated carbocycles. The molecule has 0 radical (unpaired) electrons. The van der Waals surface area contributed by atoms with Gasteiger partial charge in [0.05, 0.1) is 11.4 Å². The number of amidine groups is 1. The molecule has 0 saturated heterocycles. The van der Waals surface area contributed by atoms with Crippen LogP contribution in [0.3, 0.4) is 0 Å². The van der Waals surface area contributed by atoms with Gasteiger partial charge in [0.25, 0.3) is 0 Å². The van der Waals surface area contributed by atoms with Crippen LogP contribution in [0, 0.1) is 5.82 Å². The number of pyridine rings is 1. The molecule has 6 nitrogen and oxygen atoms in total. The van der Waals surface area contributed by atoms with Crippen LogP contribution in [0.15, 0.2) is 76.9 Å². The SMILES string of the molecule is C=C(N=C(N)SCC(=O)Nc1ccc2oc3cc(F)ccc3c2c1)c1cccnc1.CC. The first kappa shape index (κ1) is 23.0. The maximum absolute atomic E-state index is 13.4. The lowest BCUT2D eigenvalue weighted by molar-refractivity contribution is -0.113. The third kappa shape index (κ3) is 5.53. The number of furan rings is 1. The van der Waals surface area contributed by atoms with Crippen molar-refractivity contribution in [3.8, 4) is 0 Å². The van der Waals surface area contributed by atoms with Gasteiger partial charge in [-0.25, -0.2) is 9.38 Å². The van der Waals surface area contributed by atoms with E-state index >= 15 is 0 Å². The number of nitrogens with two attached hydrogens (primary N) is 1. The number of hydrogen-bond acceptors (Lipinski definition) is 5. The third-order valence-electron chi connectivity index (χ3n) is 4.31. The van der Waals surface area contributed by atoms with Crippen molar-refractivity contribution in [1.82, 2.24) is 4.98 Å². The lowest BCUT2D eigenvalue weighted by Gasteiger charge is -2.06. The zero-order valence-electron chi connectivity index (χ0n) is 17.8. The van der Waals surface area contributed by atoms with Gasteiger partial charge >= 0.3 is 0 Å². The van der Waals surface area contributed by atoms with Crippen molar-refractivity contribution in [1.29, 1.82) is 0 Å². The van der Waals surface area contributed by atoms with Crippen molar-refractivity contribution < 1.29 is 13.6 Å². The average Bonchev–Trinajstić information content (AvgIpc) is 3.16. The van der Waals surface area contributed by atoms with Gasteiger partial charge in [0, 0.05) is 40.5 Å². The molecule has 8 heteroatoms. The van der Waals surface area contributed by atoms with Crippen LogP contribution in [0.5, 0.6) is 0 Å². The molecule has 0 aliphatic heterocycles. The Bertz CT molecular complexity index is 1290. The van der Waals surface area contributed by atoms with Crippen molar-refractivity contribution >= 4 is 56.2 Å². The van der Waals surface area contributed by atoms with E-state index < -0.39 is 0 Å². The summed E-state index contributed by atoms with van der Waals surface area (Å²) in [5.41, 5.74) is 8.81. The van der Waals surface area contributed by atoms with Crippen molar-refractivity contribution in [3.63, 3.8) is 0 Å². The summed E-state index contributed by atoms with van der Waals surface area (Å²) in [5.74, 6) is -0.508. The number of amides is 1. The summed E-state index contributed by atoms with van der Waals surface area (Å²) in [6, 6.07) is 13.2. The molecule has 0 atom stereocenters. The number of aliphatic imine (C=N–C) groups is 1. The molecule has 2 heterocycles. The van der Waals surface area contributed by atoms with Gasteiger partial charge in [0.1, 0.15) is 17.0 Å². The molecule has 0 unspecified atom stereocenters. The van der Waals surface area contributed by atoms with Gasteiger partial charge in [-0.15, -0.1) is 0 Å². The molecule has 1 amide bonds. The van der Waals surface area contributed by atoms with Crippen molar-refractivity contribution in [2.75, 3.05) is 11.1 Å². The lowest BCUT2D eigenvalue weighted by Crippen LogP contribution is -2.17. The molecule has 2 aromatic heterocycles. The van der Waals surface area contributed by atoms with E-state index in [1.54, 1.807) is 42.7 Å². The van der Waals surface area contributed by atoms with Crippen molar-refractivity contribution in [2.45, 2.75) is 13.8 Å². The largest absolute Gasteiger partial charge is 0.456 e. The molecular weight excluding hydrogens is 427 g/mol. The summed E-state index contributed by atoms with van der Waals surface area (Å²) < 4.78 is 19.0. The smallest absolute Gasteiger partial charge is 0.234 e. The molecule has 0 aliphatic carbocycles. The Kier molecular flexibility index (Phi) is 7.62. The number of fused-ring (bicyclic) bond motifs is 3. The Morgan fingerprint density at radius 2 is 2.00 bits per heavy atom. The lowest BCUT2D eigenvalue weighted by atomic mass is 10.1. The second-order valence-electron chi connectivity index (χ2n) is 6.43. The van der Waals surface area contributed by atoms with E-state index in [2.05, 4.69) is 21.9 Å². The molecule has 0 fully saturated rings. The van der Waals surface area contributed by atoms with E-state index in [-0.39, 0.29) is 22.6 Å². The number of thioether (sulfide) groups is 1. The van der Waals surface area contributed by atoms with Crippen LogP contribution in [0.4, 0.5) is 10.1 Å². The zero-order valence-corrected chi connectivity index (χ0v) is 18.6. The predicted molar refractivity (Wildman–Crippen MR) is 131 cm³/mol. The van der Waals surface area contributed by atoms with Gasteiger partial charge in [-0.2, -0.15) is 0 Å². The molecule has 4 aromatic rings. The number of rotatable bonds is 5. The Labute approximate surface area is 189 Å². The first-order chi connectivity index (χ1) is 15.5. The molecule has 4 rings (SSSR count). The average molecular weight is 451 g/mol. The molecule has 32 heavy (non-hydrogen) atoms. The van der Waals surface area contributed by atoms with Crippen LogP contribution in [0.2, 0.25) is 0 Å². The van der Waals surface area contributed by atoms with Crippen LogP contribution in [-0.4, -0.2) is 21.8 Å². The van der Waals surface area contributed by atoms with E-state index in [4.69, 9.17) is 10.2 Å². The predicted octanol–water partition coefficient (Wildman–Crippen LogP) is 5.80. The van der Waals surface area contributed by atoms with Gasteiger partial charge < -0.3 is 15.5 Å². The summed E-state index contributed by atoms with van der Waals surface area (Å²) in [5, 5.41) is 4.63. The molecular formula is C24H23FN4O2S. The van der Waals surface area contributed by atoms with Crippen LogP contribution >= 0.6 is 11.8 Å². The molecule has 2 aromatic carbocycles. The number of halogens is 1. The van der Waals surface area contributed by atoms with Crippen LogP contribution < -0.4 is 11.1 Å². The number of nitrogens with one attached hydrogen (secondary N) is 1. The Hall–Kier alpha value is -3.65. The van der Waals surface area contributed by atoms with Crippen molar-refractivity contribution in [3.05, 3.63) is 78.9 Å². The Morgan fingerprint density at radius 3 is 2.75 bits per heavy atom.